The van der Waals surface area contributed by atoms with E-state index in [1.165, 1.54) is 31.8 Å². The van der Waals surface area contributed by atoms with Crippen molar-refractivity contribution in [3.63, 3.8) is 0 Å². The second-order valence-corrected chi connectivity index (χ2v) is 4.27. The van der Waals surface area contributed by atoms with Crippen LogP contribution in [0.15, 0.2) is 12.2 Å². The first-order valence-electron chi connectivity index (χ1n) is 7.44. The molecule has 126 valence electrons. The van der Waals surface area contributed by atoms with Crippen molar-refractivity contribution in [3.05, 3.63) is 12.2 Å². The molecule has 0 aliphatic rings. The number of aliphatic hydroxyl groups excluding tert-OH is 2. The van der Waals surface area contributed by atoms with Gasteiger partial charge >= 0.3 is 5.97 Å². The van der Waals surface area contributed by atoms with Crippen LogP contribution in [0.25, 0.3) is 0 Å². The highest BCUT2D eigenvalue weighted by Crippen LogP contribution is 1.98. The third-order valence-corrected chi connectivity index (χ3v) is 2.40. The van der Waals surface area contributed by atoms with Gasteiger partial charge in [-0.25, -0.2) is 4.79 Å². The topological polar surface area (TPSA) is 96.2 Å². The van der Waals surface area contributed by atoms with E-state index in [1.54, 1.807) is 0 Å². The summed E-state index contributed by atoms with van der Waals surface area (Å²) >= 11 is 0. The zero-order valence-corrected chi connectivity index (χ0v) is 13.2. The molecule has 0 rings (SSSR count). The van der Waals surface area contributed by atoms with Crippen molar-refractivity contribution in [2.75, 3.05) is 33.0 Å². The Bertz CT molecular complexity index is 236. The second-order valence-electron chi connectivity index (χ2n) is 4.27. The van der Waals surface area contributed by atoms with Gasteiger partial charge in [0.2, 0.25) is 0 Å². The number of carbonyl (C=O) groups is 1. The first kappa shape index (κ1) is 22.3. The molecule has 0 aliphatic carbocycles. The molecule has 0 fully saturated rings. The molecule has 0 aromatic carbocycles. The van der Waals surface area contributed by atoms with Gasteiger partial charge in [-0.15, -0.1) is 0 Å². The molecule has 0 radical (unpaired) electrons. The van der Waals surface area contributed by atoms with Gasteiger partial charge in [0.25, 0.3) is 0 Å². The smallest absolute Gasteiger partial charge is 0.328 e. The Morgan fingerprint density at radius 2 is 1.86 bits per heavy atom. The lowest BCUT2D eigenvalue weighted by molar-refractivity contribution is -0.131. The number of carboxylic acid groups (broad SMARTS) is 1. The highest BCUT2D eigenvalue weighted by Gasteiger charge is 2.02. The van der Waals surface area contributed by atoms with Crippen molar-refractivity contribution in [2.45, 2.75) is 45.6 Å². The molecule has 0 bridgehead atoms. The molecule has 6 heteroatoms. The van der Waals surface area contributed by atoms with Crippen molar-refractivity contribution < 1.29 is 29.6 Å². The normalized spacial score (nSPS) is 12.0. The molecule has 0 aromatic rings. The molecule has 0 aliphatic heterocycles. The number of unbranched alkanes of at least 4 members (excludes halogenated alkanes) is 3. The Kier molecular flexibility index (Phi) is 20.3. The van der Waals surface area contributed by atoms with E-state index in [9.17, 15) is 4.79 Å². The van der Waals surface area contributed by atoms with E-state index in [1.807, 2.05) is 6.92 Å². The lowest BCUT2D eigenvalue weighted by atomic mass is 10.2. The quantitative estimate of drug-likeness (QED) is 0.374. The fourth-order valence-corrected chi connectivity index (χ4v) is 1.34. The van der Waals surface area contributed by atoms with Gasteiger partial charge in [0.15, 0.2) is 0 Å². The molecule has 0 amide bonds. The van der Waals surface area contributed by atoms with Gasteiger partial charge in [0.1, 0.15) is 0 Å². The summed E-state index contributed by atoms with van der Waals surface area (Å²) in [6.45, 7) is 5.71. The zero-order valence-electron chi connectivity index (χ0n) is 13.2. The van der Waals surface area contributed by atoms with Crippen LogP contribution in [0.5, 0.6) is 0 Å². The monoisotopic (exact) mass is 306 g/mol. The van der Waals surface area contributed by atoms with Crippen LogP contribution in [0, 0.1) is 0 Å². The van der Waals surface area contributed by atoms with E-state index >= 15 is 0 Å². The van der Waals surface area contributed by atoms with Crippen LogP contribution in [0.1, 0.15) is 39.5 Å². The second kappa shape index (κ2) is 19.1. The van der Waals surface area contributed by atoms with E-state index in [0.717, 1.165) is 19.3 Å². The maximum absolute atomic E-state index is 10.0. The van der Waals surface area contributed by atoms with Gasteiger partial charge in [0.05, 0.1) is 25.9 Å². The summed E-state index contributed by atoms with van der Waals surface area (Å²) in [5.41, 5.74) is 0. The number of rotatable bonds is 12. The van der Waals surface area contributed by atoms with Gasteiger partial charge in [-0.05, 0) is 19.4 Å². The zero-order chi connectivity index (χ0) is 16.3. The Labute approximate surface area is 127 Å². The van der Waals surface area contributed by atoms with Crippen LogP contribution < -0.4 is 0 Å². The van der Waals surface area contributed by atoms with Gasteiger partial charge in [-0.1, -0.05) is 26.2 Å². The maximum atomic E-state index is 10.0. The minimum atomic E-state index is -1.10. The van der Waals surface area contributed by atoms with Crippen LogP contribution >= 0.6 is 0 Å². The Balaban J connectivity index is 0. The summed E-state index contributed by atoms with van der Waals surface area (Å²) in [6.07, 6.45) is 6.68. The van der Waals surface area contributed by atoms with Crippen molar-refractivity contribution in [2.24, 2.45) is 0 Å². The summed E-state index contributed by atoms with van der Waals surface area (Å²) < 4.78 is 10.0. The number of carboxylic acids is 1. The van der Waals surface area contributed by atoms with Gasteiger partial charge < -0.3 is 24.8 Å². The van der Waals surface area contributed by atoms with Crippen LogP contribution in [0.3, 0.4) is 0 Å². The van der Waals surface area contributed by atoms with Crippen LogP contribution in [0.4, 0.5) is 0 Å². The van der Waals surface area contributed by atoms with Crippen LogP contribution in [-0.4, -0.2) is 60.4 Å². The van der Waals surface area contributed by atoms with Crippen molar-refractivity contribution in [1.29, 1.82) is 0 Å². The number of ether oxygens (including phenoxy) is 2. The fraction of sp³-hybridized carbons (Fsp3) is 0.800. The SMILES string of the molecule is CCCCCCOCC.O=C(O)C=CC(CO)OCCO. The Hall–Kier alpha value is -0.950. The summed E-state index contributed by atoms with van der Waals surface area (Å²) in [6, 6.07) is 0. The summed E-state index contributed by atoms with van der Waals surface area (Å²) in [4.78, 5) is 10.0. The first-order chi connectivity index (χ1) is 10.1. The first-order valence-corrected chi connectivity index (χ1v) is 7.44. The van der Waals surface area contributed by atoms with Crippen LogP contribution in [0.2, 0.25) is 0 Å². The van der Waals surface area contributed by atoms with E-state index in [-0.39, 0.29) is 19.8 Å². The fourth-order valence-electron chi connectivity index (χ4n) is 1.34. The van der Waals surface area contributed by atoms with Crippen LogP contribution in [-0.2, 0) is 14.3 Å². The molecular formula is C15H30O6. The predicted octanol–water partition coefficient (Wildman–Crippen LogP) is 1.60. The van der Waals surface area contributed by atoms with E-state index in [2.05, 4.69) is 6.92 Å². The highest BCUT2D eigenvalue weighted by atomic mass is 16.5. The summed E-state index contributed by atoms with van der Waals surface area (Å²) in [7, 11) is 0. The third-order valence-electron chi connectivity index (χ3n) is 2.40. The summed E-state index contributed by atoms with van der Waals surface area (Å²) in [5.74, 6) is -1.10. The highest BCUT2D eigenvalue weighted by molar-refractivity contribution is 5.79. The van der Waals surface area contributed by atoms with Gasteiger partial charge in [0, 0.05) is 19.3 Å². The molecule has 3 N–H and O–H groups in total. The standard InChI is InChI=1S/C8H18O.C7H12O5/c1-3-5-6-7-8-9-4-2;8-3-4-12-6(5-9)1-2-7(10)11/h3-8H2,1-2H3;1-2,6,8-9H,3-5H2,(H,10,11). The molecule has 1 unspecified atom stereocenters. The van der Waals surface area contributed by atoms with Gasteiger partial charge in [-0.3, -0.25) is 0 Å². The third kappa shape index (κ3) is 21.5. The van der Waals surface area contributed by atoms with Crippen molar-refractivity contribution in [1.82, 2.24) is 0 Å². The molecule has 0 heterocycles. The minimum Gasteiger partial charge on any atom is -0.478 e. The lowest BCUT2D eigenvalue weighted by Crippen LogP contribution is -2.17. The Morgan fingerprint density at radius 3 is 2.33 bits per heavy atom. The van der Waals surface area contributed by atoms with Gasteiger partial charge in [-0.2, -0.15) is 0 Å². The molecule has 0 aromatic heterocycles. The van der Waals surface area contributed by atoms with E-state index in [4.69, 9.17) is 24.8 Å². The molecular weight excluding hydrogens is 276 g/mol. The Morgan fingerprint density at radius 1 is 1.14 bits per heavy atom. The average Bonchev–Trinajstić information content (AvgIpc) is 2.48. The predicted molar refractivity (Wildman–Crippen MR) is 81.3 cm³/mol. The average molecular weight is 306 g/mol. The largest absolute Gasteiger partial charge is 0.478 e. The molecule has 0 saturated carbocycles. The molecule has 0 saturated heterocycles. The minimum absolute atomic E-state index is 0.0786. The van der Waals surface area contributed by atoms with Crippen molar-refractivity contribution in [3.8, 4) is 0 Å². The summed E-state index contributed by atoms with van der Waals surface area (Å²) in [5, 5.41) is 25.2. The maximum Gasteiger partial charge on any atom is 0.328 e. The molecule has 21 heavy (non-hydrogen) atoms. The number of hydrogen-bond acceptors (Lipinski definition) is 5. The molecule has 6 nitrogen and oxygen atoms in total. The van der Waals surface area contributed by atoms with Crippen molar-refractivity contribution >= 4 is 5.97 Å². The number of hydrogen-bond donors (Lipinski definition) is 3. The lowest BCUT2D eigenvalue weighted by Gasteiger charge is -2.08. The molecule has 0 spiro atoms. The number of aliphatic hydroxyl groups is 2. The molecule has 1 atom stereocenters. The van der Waals surface area contributed by atoms with E-state index in [0.29, 0.717) is 0 Å². The number of aliphatic carboxylic acids is 1. The van der Waals surface area contributed by atoms with E-state index < -0.39 is 12.1 Å².